The second-order valence-corrected chi connectivity index (χ2v) is 4.67. The third-order valence-corrected chi connectivity index (χ3v) is 3.30. The van der Waals surface area contributed by atoms with E-state index < -0.39 is 0 Å². The van der Waals surface area contributed by atoms with Crippen molar-refractivity contribution in [2.24, 2.45) is 5.92 Å². The summed E-state index contributed by atoms with van der Waals surface area (Å²) in [5, 5.41) is 12.1. The quantitative estimate of drug-likeness (QED) is 0.858. The van der Waals surface area contributed by atoms with E-state index in [1.807, 2.05) is 0 Å². The summed E-state index contributed by atoms with van der Waals surface area (Å²) < 4.78 is 0. The van der Waals surface area contributed by atoms with Gasteiger partial charge in [0.05, 0.1) is 11.6 Å². The highest BCUT2D eigenvalue weighted by Crippen LogP contribution is 2.16. The third kappa shape index (κ3) is 3.43. The largest absolute Gasteiger partial charge is 0.370 e. The van der Waals surface area contributed by atoms with Crippen molar-refractivity contribution < 1.29 is 0 Å². The van der Waals surface area contributed by atoms with E-state index in [1.54, 1.807) is 18.3 Å². The van der Waals surface area contributed by atoms with Gasteiger partial charge in [0.15, 0.2) is 0 Å². The van der Waals surface area contributed by atoms with E-state index in [1.165, 1.54) is 25.9 Å². The topological polar surface area (TPSA) is 52.0 Å². The number of aromatic nitrogens is 1. The number of nitrogens with one attached hydrogen (secondary N) is 1. The monoisotopic (exact) mass is 230 g/mol. The Morgan fingerprint density at radius 3 is 3.00 bits per heavy atom. The third-order valence-electron chi connectivity index (χ3n) is 3.30. The van der Waals surface area contributed by atoms with Gasteiger partial charge in [0, 0.05) is 12.7 Å². The first-order valence-electron chi connectivity index (χ1n) is 6.06. The second kappa shape index (κ2) is 5.65. The Kier molecular flexibility index (Phi) is 3.94. The van der Waals surface area contributed by atoms with E-state index in [0.29, 0.717) is 5.56 Å². The van der Waals surface area contributed by atoms with Crippen molar-refractivity contribution >= 4 is 5.82 Å². The molecule has 0 aromatic carbocycles. The van der Waals surface area contributed by atoms with Crippen LogP contribution >= 0.6 is 0 Å². The molecule has 2 heterocycles. The predicted molar refractivity (Wildman–Crippen MR) is 67.7 cm³/mol. The zero-order chi connectivity index (χ0) is 12.1. The molecule has 0 unspecified atom stereocenters. The van der Waals surface area contributed by atoms with Gasteiger partial charge in [0.2, 0.25) is 0 Å². The molecule has 0 saturated carbocycles. The summed E-state index contributed by atoms with van der Waals surface area (Å²) >= 11 is 0. The summed E-state index contributed by atoms with van der Waals surface area (Å²) in [6.07, 6.45) is 4.15. The average Bonchev–Trinajstić information content (AvgIpc) is 2.38. The van der Waals surface area contributed by atoms with E-state index in [-0.39, 0.29) is 0 Å². The van der Waals surface area contributed by atoms with Gasteiger partial charge in [-0.25, -0.2) is 4.98 Å². The molecule has 1 aromatic heterocycles. The van der Waals surface area contributed by atoms with Crippen LogP contribution in [0.4, 0.5) is 5.82 Å². The molecule has 0 atom stereocenters. The normalized spacial score (nSPS) is 17.6. The highest BCUT2D eigenvalue weighted by Gasteiger charge is 2.16. The fourth-order valence-electron chi connectivity index (χ4n) is 2.11. The Bertz CT molecular complexity index is 402. The smallest absolute Gasteiger partial charge is 0.127 e. The van der Waals surface area contributed by atoms with Crippen LogP contribution in [0.25, 0.3) is 0 Å². The molecule has 1 fully saturated rings. The van der Waals surface area contributed by atoms with E-state index in [2.05, 4.69) is 28.3 Å². The number of hydrogen-bond acceptors (Lipinski definition) is 4. The van der Waals surface area contributed by atoms with Gasteiger partial charge in [0.1, 0.15) is 5.82 Å². The molecule has 1 saturated heterocycles. The van der Waals surface area contributed by atoms with Gasteiger partial charge < -0.3 is 10.2 Å². The van der Waals surface area contributed by atoms with Crippen LogP contribution in [-0.4, -0.2) is 36.6 Å². The molecule has 1 N–H and O–H groups in total. The van der Waals surface area contributed by atoms with E-state index in [0.717, 1.165) is 18.3 Å². The summed E-state index contributed by atoms with van der Waals surface area (Å²) in [4.78, 5) is 6.58. The van der Waals surface area contributed by atoms with Gasteiger partial charge >= 0.3 is 0 Å². The number of likely N-dealkylation sites (tertiary alicyclic amines) is 1. The van der Waals surface area contributed by atoms with Crippen LogP contribution in [0.2, 0.25) is 0 Å². The Labute approximate surface area is 102 Å². The molecule has 0 aliphatic carbocycles. The number of hydrogen-bond donors (Lipinski definition) is 1. The van der Waals surface area contributed by atoms with Crippen molar-refractivity contribution in [3.05, 3.63) is 23.9 Å². The zero-order valence-corrected chi connectivity index (χ0v) is 10.2. The summed E-state index contributed by atoms with van der Waals surface area (Å²) in [6.45, 7) is 3.31. The molecule has 0 amide bonds. The van der Waals surface area contributed by atoms with E-state index in [4.69, 9.17) is 5.26 Å². The van der Waals surface area contributed by atoms with Gasteiger partial charge in [-0.1, -0.05) is 0 Å². The van der Waals surface area contributed by atoms with Crippen molar-refractivity contribution in [1.82, 2.24) is 9.88 Å². The average molecular weight is 230 g/mol. The molecule has 4 nitrogen and oxygen atoms in total. The van der Waals surface area contributed by atoms with Crippen molar-refractivity contribution in [3.63, 3.8) is 0 Å². The Balaban J connectivity index is 1.83. The predicted octanol–water partition coefficient (Wildman–Crippen LogP) is 1.71. The lowest BCUT2D eigenvalue weighted by Crippen LogP contribution is -2.33. The molecule has 0 radical (unpaired) electrons. The summed E-state index contributed by atoms with van der Waals surface area (Å²) in [5.41, 5.74) is 0.658. The molecule has 1 aromatic rings. The lowest BCUT2D eigenvalue weighted by atomic mass is 9.97. The van der Waals surface area contributed by atoms with E-state index >= 15 is 0 Å². The van der Waals surface area contributed by atoms with E-state index in [9.17, 15) is 0 Å². The minimum Gasteiger partial charge on any atom is -0.370 e. The molecular weight excluding hydrogens is 212 g/mol. The number of nitriles is 1. The molecule has 1 aliphatic heterocycles. The van der Waals surface area contributed by atoms with Gasteiger partial charge in [0.25, 0.3) is 0 Å². The maximum absolute atomic E-state index is 8.80. The first-order valence-corrected chi connectivity index (χ1v) is 6.06. The van der Waals surface area contributed by atoms with Crippen LogP contribution in [0.3, 0.4) is 0 Å². The van der Waals surface area contributed by atoms with Crippen molar-refractivity contribution in [2.45, 2.75) is 12.8 Å². The van der Waals surface area contributed by atoms with Crippen molar-refractivity contribution in [3.8, 4) is 6.07 Å². The lowest BCUT2D eigenvalue weighted by molar-refractivity contribution is 0.226. The maximum atomic E-state index is 8.80. The van der Waals surface area contributed by atoms with Crippen molar-refractivity contribution in [2.75, 3.05) is 32.0 Å². The maximum Gasteiger partial charge on any atom is 0.127 e. The summed E-state index contributed by atoms with van der Waals surface area (Å²) in [7, 11) is 2.17. The van der Waals surface area contributed by atoms with Crippen LogP contribution in [0.15, 0.2) is 18.3 Å². The Morgan fingerprint density at radius 2 is 2.29 bits per heavy atom. The minimum atomic E-state index is 0.658. The summed E-state index contributed by atoms with van der Waals surface area (Å²) in [5.74, 6) is 1.53. The van der Waals surface area contributed by atoms with Gasteiger partial charge in [-0.05, 0) is 51.0 Å². The zero-order valence-electron chi connectivity index (χ0n) is 10.2. The minimum absolute atomic E-state index is 0.658. The summed E-state index contributed by atoms with van der Waals surface area (Å²) in [6, 6.07) is 5.65. The molecule has 4 heteroatoms. The molecule has 1 aliphatic rings. The van der Waals surface area contributed by atoms with Crippen LogP contribution < -0.4 is 5.32 Å². The number of pyridine rings is 1. The molecule has 90 valence electrons. The number of anilines is 1. The highest BCUT2D eigenvalue weighted by atomic mass is 15.1. The van der Waals surface area contributed by atoms with Crippen LogP contribution in [0.5, 0.6) is 0 Å². The van der Waals surface area contributed by atoms with Crippen LogP contribution in [0, 0.1) is 17.2 Å². The SMILES string of the molecule is CN1CCC(CNc2cc(C#N)ccn2)CC1. The molecule has 0 spiro atoms. The first-order chi connectivity index (χ1) is 8.28. The number of rotatable bonds is 3. The first kappa shape index (κ1) is 11.9. The highest BCUT2D eigenvalue weighted by molar-refractivity contribution is 5.42. The van der Waals surface area contributed by atoms with Gasteiger partial charge in [-0.2, -0.15) is 5.26 Å². The van der Waals surface area contributed by atoms with Gasteiger partial charge in [-0.3, -0.25) is 0 Å². The molecular formula is C13H18N4. The fraction of sp³-hybridized carbons (Fsp3) is 0.538. The Hall–Kier alpha value is -1.60. The molecule has 17 heavy (non-hydrogen) atoms. The standard InChI is InChI=1S/C13H18N4/c1-17-6-3-11(4-7-17)10-16-13-8-12(9-14)2-5-15-13/h2,5,8,11H,3-4,6-7,10H2,1H3,(H,15,16). The molecule has 0 bridgehead atoms. The van der Waals surface area contributed by atoms with Crippen LogP contribution in [-0.2, 0) is 0 Å². The number of piperidine rings is 1. The lowest BCUT2D eigenvalue weighted by Gasteiger charge is -2.29. The van der Waals surface area contributed by atoms with Crippen molar-refractivity contribution in [1.29, 1.82) is 5.26 Å². The fourth-order valence-corrected chi connectivity index (χ4v) is 2.11. The Morgan fingerprint density at radius 1 is 1.53 bits per heavy atom. The second-order valence-electron chi connectivity index (χ2n) is 4.67. The molecule has 2 rings (SSSR count). The van der Waals surface area contributed by atoms with Crippen LogP contribution in [0.1, 0.15) is 18.4 Å². The van der Waals surface area contributed by atoms with Gasteiger partial charge in [-0.15, -0.1) is 0 Å². The number of nitrogens with zero attached hydrogens (tertiary/aromatic N) is 3.